The van der Waals surface area contributed by atoms with Gasteiger partial charge in [0.1, 0.15) is 18.2 Å². The van der Waals surface area contributed by atoms with E-state index in [4.69, 9.17) is 32.7 Å². The van der Waals surface area contributed by atoms with Gasteiger partial charge in [-0.1, -0.05) is 36.4 Å². The van der Waals surface area contributed by atoms with Crippen LogP contribution >= 0.6 is 23.2 Å². The van der Waals surface area contributed by atoms with E-state index in [-0.39, 0.29) is 6.10 Å². The van der Waals surface area contributed by atoms with Crippen LogP contribution in [0, 0.1) is 0 Å². The summed E-state index contributed by atoms with van der Waals surface area (Å²) in [5, 5.41) is 5.14. The standard InChI is InChI=1S/C24H24Cl2N4O2/c1-4-15(2)30-9-7-17(8-10-30)32-23-12-18-21(13-22(23)31-3)27-14-28-24(18)29-20-6-5-16(25)11-19(20)26/h4-6,11-14,17H,1-2,7-10H2,3H3,(H,27,28,29). The van der Waals surface area contributed by atoms with Crippen molar-refractivity contribution in [2.24, 2.45) is 0 Å². The Morgan fingerprint density at radius 1 is 1.16 bits per heavy atom. The van der Waals surface area contributed by atoms with Crippen molar-refractivity contribution in [2.45, 2.75) is 18.9 Å². The molecule has 1 N–H and O–H groups in total. The lowest BCUT2D eigenvalue weighted by molar-refractivity contribution is 0.116. The first kappa shape index (κ1) is 22.2. The van der Waals surface area contributed by atoms with Crippen molar-refractivity contribution in [3.63, 3.8) is 0 Å². The molecule has 0 atom stereocenters. The third-order valence-electron chi connectivity index (χ3n) is 5.48. The van der Waals surface area contributed by atoms with E-state index in [0.29, 0.717) is 33.0 Å². The van der Waals surface area contributed by atoms with E-state index in [1.54, 1.807) is 25.3 Å². The van der Waals surface area contributed by atoms with Crippen molar-refractivity contribution in [1.82, 2.24) is 14.9 Å². The number of hydrogen-bond acceptors (Lipinski definition) is 6. The normalized spacial score (nSPS) is 14.3. The molecule has 0 radical (unpaired) electrons. The van der Waals surface area contributed by atoms with Crippen molar-refractivity contribution in [3.05, 3.63) is 71.6 Å². The van der Waals surface area contributed by atoms with E-state index in [2.05, 4.69) is 33.3 Å². The van der Waals surface area contributed by atoms with Crippen molar-refractivity contribution in [1.29, 1.82) is 0 Å². The van der Waals surface area contributed by atoms with Crippen LogP contribution in [0.2, 0.25) is 10.0 Å². The number of hydrogen-bond donors (Lipinski definition) is 1. The van der Waals surface area contributed by atoms with Crippen LogP contribution in [-0.2, 0) is 0 Å². The molecule has 1 fully saturated rings. The Labute approximate surface area is 197 Å². The Morgan fingerprint density at radius 3 is 2.62 bits per heavy atom. The summed E-state index contributed by atoms with van der Waals surface area (Å²) >= 11 is 12.3. The molecule has 0 bridgehead atoms. The number of likely N-dealkylation sites (tertiary alicyclic amines) is 1. The molecule has 1 aromatic heterocycles. The number of anilines is 2. The van der Waals surface area contributed by atoms with Crippen molar-refractivity contribution in [2.75, 3.05) is 25.5 Å². The summed E-state index contributed by atoms with van der Waals surface area (Å²) in [7, 11) is 1.62. The predicted molar refractivity (Wildman–Crippen MR) is 130 cm³/mol. The van der Waals surface area contributed by atoms with Crippen LogP contribution in [0.15, 0.2) is 61.6 Å². The Bertz CT molecular complexity index is 1160. The molecule has 3 aromatic rings. The molecule has 1 aliphatic rings. The molecule has 4 rings (SSSR count). The Balaban J connectivity index is 1.61. The fourth-order valence-electron chi connectivity index (χ4n) is 3.70. The van der Waals surface area contributed by atoms with Gasteiger partial charge in [0, 0.05) is 48.1 Å². The third-order valence-corrected chi connectivity index (χ3v) is 6.03. The van der Waals surface area contributed by atoms with Gasteiger partial charge in [0.15, 0.2) is 11.5 Å². The molecule has 0 spiro atoms. The van der Waals surface area contributed by atoms with Crippen LogP contribution in [0.5, 0.6) is 11.5 Å². The van der Waals surface area contributed by atoms with Gasteiger partial charge in [-0.05, 0) is 30.3 Å². The van der Waals surface area contributed by atoms with Gasteiger partial charge in [-0.2, -0.15) is 0 Å². The number of ether oxygens (including phenoxy) is 2. The van der Waals surface area contributed by atoms with Gasteiger partial charge in [0.25, 0.3) is 0 Å². The highest BCUT2D eigenvalue weighted by Gasteiger charge is 2.22. The number of fused-ring (bicyclic) bond motifs is 1. The molecule has 2 aromatic carbocycles. The minimum atomic E-state index is 0.0713. The lowest BCUT2D eigenvalue weighted by Gasteiger charge is -2.34. The van der Waals surface area contributed by atoms with Gasteiger partial charge in [-0.25, -0.2) is 9.97 Å². The summed E-state index contributed by atoms with van der Waals surface area (Å²) in [6.07, 6.45) is 5.11. The molecule has 6 nitrogen and oxygen atoms in total. The van der Waals surface area contributed by atoms with Crippen molar-refractivity contribution in [3.8, 4) is 11.5 Å². The van der Waals surface area contributed by atoms with Crippen LogP contribution in [0.4, 0.5) is 11.5 Å². The van der Waals surface area contributed by atoms with Crippen LogP contribution in [-0.4, -0.2) is 41.2 Å². The monoisotopic (exact) mass is 470 g/mol. The lowest BCUT2D eigenvalue weighted by Crippen LogP contribution is -2.37. The first-order valence-electron chi connectivity index (χ1n) is 10.3. The second-order valence-electron chi connectivity index (χ2n) is 7.49. The van der Waals surface area contributed by atoms with Crippen LogP contribution in [0.25, 0.3) is 10.9 Å². The topological polar surface area (TPSA) is 59.5 Å². The number of methoxy groups -OCH3 is 1. The number of piperidine rings is 1. The molecule has 32 heavy (non-hydrogen) atoms. The molecule has 8 heteroatoms. The molecular weight excluding hydrogens is 447 g/mol. The van der Waals surface area contributed by atoms with Gasteiger partial charge in [-0.15, -0.1) is 0 Å². The highest BCUT2D eigenvalue weighted by Crippen LogP contribution is 2.37. The van der Waals surface area contributed by atoms with E-state index in [1.165, 1.54) is 6.33 Å². The van der Waals surface area contributed by atoms with Gasteiger partial charge in [0.05, 0.1) is 23.3 Å². The zero-order valence-electron chi connectivity index (χ0n) is 17.8. The fraction of sp³-hybridized carbons (Fsp3) is 0.250. The van der Waals surface area contributed by atoms with Gasteiger partial charge in [-0.3, -0.25) is 0 Å². The second-order valence-corrected chi connectivity index (χ2v) is 8.34. The fourth-order valence-corrected chi connectivity index (χ4v) is 4.16. The average molecular weight is 471 g/mol. The molecule has 0 saturated carbocycles. The third kappa shape index (κ3) is 4.76. The number of nitrogens with zero attached hydrogens (tertiary/aromatic N) is 3. The highest BCUT2D eigenvalue weighted by molar-refractivity contribution is 6.36. The maximum atomic E-state index is 6.36. The van der Waals surface area contributed by atoms with Crippen molar-refractivity contribution >= 4 is 45.6 Å². The Kier molecular flexibility index (Phi) is 6.72. The second kappa shape index (κ2) is 9.67. The van der Waals surface area contributed by atoms with E-state index in [9.17, 15) is 0 Å². The lowest BCUT2D eigenvalue weighted by atomic mass is 10.1. The summed E-state index contributed by atoms with van der Waals surface area (Å²) in [5.74, 6) is 1.90. The maximum absolute atomic E-state index is 6.36. The zero-order chi connectivity index (χ0) is 22.7. The number of aromatic nitrogens is 2. The van der Waals surface area contributed by atoms with Crippen LogP contribution < -0.4 is 14.8 Å². The SMILES string of the molecule is C=CC(=C)N1CCC(Oc2cc3c(Nc4ccc(Cl)cc4Cl)ncnc3cc2OC)CC1. The van der Waals surface area contributed by atoms with Gasteiger partial charge < -0.3 is 19.7 Å². The minimum Gasteiger partial charge on any atom is -0.493 e. The molecule has 1 saturated heterocycles. The van der Waals surface area contributed by atoms with E-state index >= 15 is 0 Å². The molecule has 0 amide bonds. The van der Waals surface area contributed by atoms with Crippen molar-refractivity contribution < 1.29 is 9.47 Å². The number of benzene rings is 2. The number of halogens is 2. The number of allylic oxidation sites excluding steroid dienone is 1. The molecule has 0 unspecified atom stereocenters. The first-order chi connectivity index (χ1) is 15.5. The molecule has 1 aliphatic heterocycles. The summed E-state index contributed by atoms with van der Waals surface area (Å²) in [6, 6.07) is 9.03. The van der Waals surface area contributed by atoms with Gasteiger partial charge >= 0.3 is 0 Å². The summed E-state index contributed by atoms with van der Waals surface area (Å²) in [5.41, 5.74) is 2.37. The molecular formula is C24H24Cl2N4O2. The Hall–Kier alpha value is -2.96. The molecule has 0 aliphatic carbocycles. The highest BCUT2D eigenvalue weighted by atomic mass is 35.5. The summed E-state index contributed by atoms with van der Waals surface area (Å²) in [6.45, 7) is 9.58. The van der Waals surface area contributed by atoms with Crippen LogP contribution in [0.1, 0.15) is 12.8 Å². The average Bonchev–Trinajstić information content (AvgIpc) is 2.80. The van der Waals surface area contributed by atoms with E-state index < -0.39 is 0 Å². The summed E-state index contributed by atoms with van der Waals surface area (Å²) in [4.78, 5) is 11.0. The predicted octanol–water partition coefficient (Wildman–Crippen LogP) is 6.23. The largest absolute Gasteiger partial charge is 0.493 e. The quantitative estimate of drug-likeness (QED) is 0.412. The maximum Gasteiger partial charge on any atom is 0.162 e. The van der Waals surface area contributed by atoms with Gasteiger partial charge in [0.2, 0.25) is 0 Å². The number of nitrogens with one attached hydrogen (secondary N) is 1. The Morgan fingerprint density at radius 2 is 1.94 bits per heavy atom. The van der Waals surface area contributed by atoms with E-state index in [0.717, 1.165) is 42.5 Å². The first-order valence-corrected chi connectivity index (χ1v) is 11.0. The van der Waals surface area contributed by atoms with E-state index in [1.807, 2.05) is 18.2 Å². The minimum absolute atomic E-state index is 0.0713. The molecule has 166 valence electrons. The number of rotatable bonds is 7. The zero-order valence-corrected chi connectivity index (χ0v) is 19.3. The van der Waals surface area contributed by atoms with Crippen LogP contribution in [0.3, 0.4) is 0 Å². The molecule has 2 heterocycles. The smallest absolute Gasteiger partial charge is 0.162 e. The summed E-state index contributed by atoms with van der Waals surface area (Å²) < 4.78 is 11.9.